The summed E-state index contributed by atoms with van der Waals surface area (Å²) in [6, 6.07) is 16.8. The zero-order valence-electron chi connectivity index (χ0n) is 17.6. The zero-order chi connectivity index (χ0) is 21.6. The molecule has 0 radical (unpaired) electrons. The molecule has 2 aromatic rings. The minimum atomic E-state index is -3.37. The monoisotopic (exact) mass is 430 g/mol. The fraction of sp³-hybridized carbons (Fsp3) is 0.435. The molecule has 30 heavy (non-hydrogen) atoms. The number of nitrogens with zero attached hydrogens (tertiary/aromatic N) is 1. The van der Waals surface area contributed by atoms with Crippen LogP contribution in [0.3, 0.4) is 0 Å². The van der Waals surface area contributed by atoms with Gasteiger partial charge in [-0.3, -0.25) is 4.79 Å². The average molecular weight is 431 g/mol. The van der Waals surface area contributed by atoms with E-state index >= 15 is 0 Å². The maximum Gasteiger partial charge on any atom is 0.223 e. The van der Waals surface area contributed by atoms with Gasteiger partial charge in [-0.15, -0.1) is 0 Å². The number of benzene rings is 2. The van der Waals surface area contributed by atoms with Crippen molar-refractivity contribution < 1.29 is 17.9 Å². The van der Waals surface area contributed by atoms with E-state index in [1.54, 1.807) is 0 Å². The van der Waals surface area contributed by atoms with Gasteiger partial charge in [-0.05, 0) is 44.4 Å². The summed E-state index contributed by atoms with van der Waals surface area (Å²) in [6.07, 6.45) is 1.07. The second-order valence-electron chi connectivity index (χ2n) is 7.95. The number of ether oxygens (including phenoxy) is 1. The summed E-state index contributed by atoms with van der Waals surface area (Å²) in [5, 5.41) is 2.99. The number of piperidine rings is 1. The molecule has 1 atom stereocenters. The van der Waals surface area contributed by atoms with Crippen LogP contribution in [0.2, 0.25) is 0 Å². The molecule has 1 amide bonds. The first-order chi connectivity index (χ1) is 14.3. The standard InChI is InChI=1S/C23H30N2O4S/c1-18-8-10-22(11-9-18)29-16-19(2)24-23(26)21-12-14-25(15-13-21)30(27,28)17-20-6-4-3-5-7-20/h3-11,19,21H,12-17H2,1-2H3,(H,24,26). The Hall–Kier alpha value is -2.38. The highest BCUT2D eigenvalue weighted by molar-refractivity contribution is 7.88. The van der Waals surface area contributed by atoms with E-state index in [0.717, 1.165) is 11.3 Å². The van der Waals surface area contributed by atoms with Gasteiger partial charge >= 0.3 is 0 Å². The molecule has 0 aromatic heterocycles. The largest absolute Gasteiger partial charge is 0.491 e. The van der Waals surface area contributed by atoms with Crippen LogP contribution in [-0.4, -0.2) is 44.4 Å². The minimum Gasteiger partial charge on any atom is -0.491 e. The molecule has 1 fully saturated rings. The molecule has 0 aliphatic carbocycles. The van der Waals surface area contributed by atoms with Gasteiger partial charge in [0.25, 0.3) is 0 Å². The Morgan fingerprint density at radius 3 is 2.37 bits per heavy atom. The quantitative estimate of drug-likeness (QED) is 0.698. The number of rotatable bonds is 8. The molecule has 1 N–H and O–H groups in total. The van der Waals surface area contributed by atoms with Crippen LogP contribution in [0, 0.1) is 12.8 Å². The highest BCUT2D eigenvalue weighted by Gasteiger charge is 2.31. The summed E-state index contributed by atoms with van der Waals surface area (Å²) in [5.74, 6) is 0.571. The van der Waals surface area contributed by atoms with E-state index in [9.17, 15) is 13.2 Å². The van der Waals surface area contributed by atoms with Gasteiger partial charge in [-0.25, -0.2) is 12.7 Å². The Balaban J connectivity index is 1.43. The lowest BCUT2D eigenvalue weighted by Crippen LogP contribution is -2.46. The maximum atomic E-state index is 12.7. The molecule has 7 heteroatoms. The highest BCUT2D eigenvalue weighted by Crippen LogP contribution is 2.22. The minimum absolute atomic E-state index is 0.00190. The summed E-state index contributed by atoms with van der Waals surface area (Å²) in [4.78, 5) is 12.6. The first kappa shape index (κ1) is 22.3. The molecule has 0 saturated carbocycles. The lowest BCUT2D eigenvalue weighted by molar-refractivity contribution is -0.126. The Morgan fingerprint density at radius 2 is 1.73 bits per heavy atom. The third kappa shape index (κ3) is 6.31. The maximum absolute atomic E-state index is 12.7. The summed E-state index contributed by atoms with van der Waals surface area (Å²) in [6.45, 7) is 5.07. The number of carbonyl (C=O) groups excluding carboxylic acids is 1. The van der Waals surface area contributed by atoms with E-state index in [4.69, 9.17) is 4.74 Å². The molecule has 0 bridgehead atoms. The predicted octanol–water partition coefficient (Wildman–Crippen LogP) is 3.12. The van der Waals surface area contributed by atoms with E-state index in [-0.39, 0.29) is 23.6 Å². The Bertz CT molecular complexity index is 921. The molecule has 1 saturated heterocycles. The van der Waals surface area contributed by atoms with Gasteiger partial charge in [-0.1, -0.05) is 48.0 Å². The van der Waals surface area contributed by atoms with Gasteiger partial charge in [0.05, 0.1) is 11.8 Å². The first-order valence-corrected chi connectivity index (χ1v) is 12.0. The summed E-state index contributed by atoms with van der Waals surface area (Å²) >= 11 is 0. The third-order valence-electron chi connectivity index (χ3n) is 5.32. The van der Waals surface area contributed by atoms with Crippen LogP contribution in [-0.2, 0) is 20.6 Å². The van der Waals surface area contributed by atoms with Gasteiger partial charge in [0.1, 0.15) is 12.4 Å². The second kappa shape index (κ2) is 10.1. The van der Waals surface area contributed by atoms with E-state index in [1.165, 1.54) is 9.87 Å². The van der Waals surface area contributed by atoms with Gasteiger partial charge in [0.15, 0.2) is 0 Å². The van der Waals surface area contributed by atoms with E-state index < -0.39 is 10.0 Å². The summed E-state index contributed by atoms with van der Waals surface area (Å²) in [5.41, 5.74) is 1.94. The molecule has 1 aliphatic rings. The molecule has 1 heterocycles. The number of carbonyl (C=O) groups is 1. The molecule has 0 spiro atoms. The molecular formula is C23H30N2O4S. The zero-order valence-corrected chi connectivity index (χ0v) is 18.4. The van der Waals surface area contributed by atoms with Crippen molar-refractivity contribution in [3.05, 3.63) is 65.7 Å². The van der Waals surface area contributed by atoms with Gasteiger partial charge < -0.3 is 10.1 Å². The number of hydrogen-bond donors (Lipinski definition) is 1. The number of hydrogen-bond acceptors (Lipinski definition) is 4. The van der Waals surface area contributed by atoms with Crippen molar-refractivity contribution in [2.75, 3.05) is 19.7 Å². The fourth-order valence-corrected chi connectivity index (χ4v) is 5.09. The van der Waals surface area contributed by atoms with Crippen LogP contribution in [0.5, 0.6) is 5.75 Å². The van der Waals surface area contributed by atoms with Gasteiger partial charge in [0.2, 0.25) is 15.9 Å². The first-order valence-electron chi connectivity index (χ1n) is 10.3. The lowest BCUT2D eigenvalue weighted by Gasteiger charge is -2.31. The summed E-state index contributed by atoms with van der Waals surface area (Å²) < 4.78 is 32.6. The van der Waals surface area contributed by atoms with Crippen LogP contribution in [0.1, 0.15) is 30.9 Å². The Labute approximate surface area is 179 Å². The molecule has 3 rings (SSSR count). The van der Waals surface area contributed by atoms with Crippen LogP contribution in [0.15, 0.2) is 54.6 Å². The van der Waals surface area contributed by atoms with Crippen molar-refractivity contribution in [2.45, 2.75) is 38.5 Å². The molecule has 162 valence electrons. The smallest absolute Gasteiger partial charge is 0.223 e. The highest BCUT2D eigenvalue weighted by atomic mass is 32.2. The fourth-order valence-electron chi connectivity index (χ4n) is 3.53. The van der Waals surface area contributed by atoms with E-state index in [1.807, 2.05) is 68.4 Å². The van der Waals surface area contributed by atoms with Crippen LogP contribution in [0.4, 0.5) is 0 Å². The van der Waals surface area contributed by atoms with Gasteiger partial charge in [-0.2, -0.15) is 0 Å². The van der Waals surface area contributed by atoms with Crippen molar-refractivity contribution in [1.82, 2.24) is 9.62 Å². The van der Waals surface area contributed by atoms with E-state index in [2.05, 4.69) is 5.32 Å². The molecule has 1 unspecified atom stereocenters. The number of sulfonamides is 1. The number of nitrogens with one attached hydrogen (secondary N) is 1. The molecular weight excluding hydrogens is 400 g/mol. The topological polar surface area (TPSA) is 75.7 Å². The molecule has 1 aliphatic heterocycles. The molecule has 6 nitrogen and oxygen atoms in total. The Morgan fingerprint density at radius 1 is 1.10 bits per heavy atom. The van der Waals surface area contributed by atoms with Crippen LogP contribution < -0.4 is 10.1 Å². The lowest BCUT2D eigenvalue weighted by atomic mass is 9.97. The van der Waals surface area contributed by atoms with Crippen molar-refractivity contribution in [3.63, 3.8) is 0 Å². The Kier molecular flexibility index (Phi) is 7.50. The van der Waals surface area contributed by atoms with E-state index in [0.29, 0.717) is 32.5 Å². The van der Waals surface area contributed by atoms with Crippen molar-refractivity contribution in [2.24, 2.45) is 5.92 Å². The normalized spacial score (nSPS) is 16.7. The SMILES string of the molecule is Cc1ccc(OCC(C)NC(=O)C2CCN(S(=O)(=O)Cc3ccccc3)CC2)cc1. The van der Waals surface area contributed by atoms with Crippen molar-refractivity contribution >= 4 is 15.9 Å². The summed E-state index contributed by atoms with van der Waals surface area (Å²) in [7, 11) is -3.37. The number of aryl methyl sites for hydroxylation is 1. The van der Waals surface area contributed by atoms with Crippen LogP contribution >= 0.6 is 0 Å². The van der Waals surface area contributed by atoms with Crippen LogP contribution in [0.25, 0.3) is 0 Å². The van der Waals surface area contributed by atoms with Gasteiger partial charge in [0, 0.05) is 19.0 Å². The third-order valence-corrected chi connectivity index (χ3v) is 7.17. The predicted molar refractivity (Wildman–Crippen MR) is 118 cm³/mol. The number of amides is 1. The average Bonchev–Trinajstić information content (AvgIpc) is 2.74. The molecule has 2 aromatic carbocycles. The van der Waals surface area contributed by atoms with Crippen molar-refractivity contribution in [3.8, 4) is 5.75 Å². The van der Waals surface area contributed by atoms with Crippen molar-refractivity contribution in [1.29, 1.82) is 0 Å². The second-order valence-corrected chi connectivity index (χ2v) is 9.92.